The van der Waals surface area contributed by atoms with Gasteiger partial charge in [0.25, 0.3) is 0 Å². The topological polar surface area (TPSA) is 52.6 Å². The molecule has 2 fully saturated rings. The molecule has 1 aliphatic heterocycles. The van der Waals surface area contributed by atoms with E-state index in [1.54, 1.807) is 0 Å². The normalized spacial score (nSPS) is 28.6. The minimum absolute atomic E-state index is 0.0359. The standard InChI is InChI=1S/C16H21IN2O2/c1-10-6-12(17)3-4-14(10)18-16(21)9-19-7-11-2-5-15(20)13(11)8-19/h3-4,6,11,13,15,20H,2,5,7-9H2,1H3,(H,18,21). The van der Waals surface area contributed by atoms with Crippen LogP contribution >= 0.6 is 22.6 Å². The average molecular weight is 400 g/mol. The quantitative estimate of drug-likeness (QED) is 0.766. The van der Waals surface area contributed by atoms with Crippen LogP contribution in [-0.4, -0.2) is 41.7 Å². The van der Waals surface area contributed by atoms with Crippen LogP contribution in [0.4, 0.5) is 5.69 Å². The number of hydrogen-bond acceptors (Lipinski definition) is 3. The van der Waals surface area contributed by atoms with Crippen molar-refractivity contribution in [2.45, 2.75) is 25.9 Å². The molecule has 2 aliphatic rings. The number of aliphatic hydroxyl groups is 1. The van der Waals surface area contributed by atoms with Crippen molar-refractivity contribution in [1.29, 1.82) is 0 Å². The third kappa shape index (κ3) is 3.40. The Morgan fingerprint density at radius 1 is 1.43 bits per heavy atom. The maximum Gasteiger partial charge on any atom is 0.238 e. The zero-order valence-electron chi connectivity index (χ0n) is 12.2. The van der Waals surface area contributed by atoms with Crippen LogP contribution in [0, 0.1) is 22.3 Å². The number of aliphatic hydroxyl groups excluding tert-OH is 1. The van der Waals surface area contributed by atoms with Crippen molar-refractivity contribution in [1.82, 2.24) is 4.90 Å². The summed E-state index contributed by atoms with van der Waals surface area (Å²) in [6.45, 7) is 4.23. The van der Waals surface area contributed by atoms with Gasteiger partial charge in [0.2, 0.25) is 5.91 Å². The van der Waals surface area contributed by atoms with Crippen molar-refractivity contribution in [3.05, 3.63) is 27.3 Å². The van der Waals surface area contributed by atoms with Crippen LogP contribution in [0.15, 0.2) is 18.2 Å². The van der Waals surface area contributed by atoms with Gasteiger partial charge >= 0.3 is 0 Å². The Morgan fingerprint density at radius 2 is 2.24 bits per heavy atom. The fourth-order valence-electron chi connectivity index (χ4n) is 3.62. The molecule has 1 amide bonds. The molecular weight excluding hydrogens is 379 g/mol. The number of carbonyl (C=O) groups is 1. The molecule has 3 atom stereocenters. The Morgan fingerprint density at radius 3 is 2.95 bits per heavy atom. The molecule has 1 aliphatic carbocycles. The lowest BCUT2D eigenvalue weighted by Crippen LogP contribution is -2.33. The fraction of sp³-hybridized carbons (Fsp3) is 0.562. The molecule has 0 spiro atoms. The van der Waals surface area contributed by atoms with Gasteiger partial charge in [-0.25, -0.2) is 0 Å². The van der Waals surface area contributed by atoms with Gasteiger partial charge in [0.1, 0.15) is 0 Å². The monoisotopic (exact) mass is 400 g/mol. The number of fused-ring (bicyclic) bond motifs is 1. The minimum Gasteiger partial charge on any atom is -0.393 e. The van der Waals surface area contributed by atoms with E-state index < -0.39 is 0 Å². The molecule has 1 aromatic carbocycles. The summed E-state index contributed by atoms with van der Waals surface area (Å²) in [4.78, 5) is 14.4. The number of nitrogens with one attached hydrogen (secondary N) is 1. The van der Waals surface area contributed by atoms with Gasteiger partial charge < -0.3 is 10.4 Å². The lowest BCUT2D eigenvalue weighted by Gasteiger charge is -2.18. The van der Waals surface area contributed by atoms with E-state index in [1.165, 1.54) is 3.57 Å². The van der Waals surface area contributed by atoms with Crippen molar-refractivity contribution in [2.24, 2.45) is 11.8 Å². The molecule has 0 radical (unpaired) electrons. The smallest absolute Gasteiger partial charge is 0.238 e. The Hall–Kier alpha value is -0.660. The summed E-state index contributed by atoms with van der Waals surface area (Å²) in [5.74, 6) is 0.986. The molecule has 1 saturated carbocycles. The molecule has 0 bridgehead atoms. The van der Waals surface area contributed by atoms with Gasteiger partial charge in [0, 0.05) is 28.3 Å². The molecule has 0 aromatic heterocycles. The SMILES string of the molecule is Cc1cc(I)ccc1NC(=O)CN1CC2CCC(O)C2C1. The van der Waals surface area contributed by atoms with Crippen LogP contribution in [0.3, 0.4) is 0 Å². The highest BCUT2D eigenvalue weighted by molar-refractivity contribution is 14.1. The van der Waals surface area contributed by atoms with E-state index in [9.17, 15) is 9.90 Å². The van der Waals surface area contributed by atoms with Gasteiger partial charge in [0.05, 0.1) is 12.6 Å². The van der Waals surface area contributed by atoms with E-state index in [-0.39, 0.29) is 12.0 Å². The van der Waals surface area contributed by atoms with E-state index in [1.807, 2.05) is 19.1 Å². The number of anilines is 1. The van der Waals surface area contributed by atoms with Gasteiger partial charge in [-0.3, -0.25) is 9.69 Å². The molecule has 3 rings (SSSR count). The lowest BCUT2D eigenvalue weighted by atomic mass is 10.00. The van der Waals surface area contributed by atoms with Gasteiger partial charge in [-0.2, -0.15) is 0 Å². The van der Waals surface area contributed by atoms with Crippen LogP contribution < -0.4 is 5.32 Å². The van der Waals surface area contributed by atoms with Crippen LogP contribution in [-0.2, 0) is 4.79 Å². The Kier molecular flexibility index (Phi) is 4.51. The predicted molar refractivity (Wildman–Crippen MR) is 91.2 cm³/mol. The third-order valence-electron chi connectivity index (χ3n) is 4.72. The maximum atomic E-state index is 12.2. The summed E-state index contributed by atoms with van der Waals surface area (Å²) in [5, 5.41) is 12.9. The van der Waals surface area contributed by atoms with Crippen LogP contribution in [0.5, 0.6) is 0 Å². The first-order valence-corrected chi connectivity index (χ1v) is 8.57. The molecule has 5 heteroatoms. The van der Waals surface area contributed by atoms with Gasteiger partial charge in [0.15, 0.2) is 0 Å². The summed E-state index contributed by atoms with van der Waals surface area (Å²) in [6, 6.07) is 6.02. The van der Waals surface area contributed by atoms with E-state index in [0.717, 1.165) is 37.2 Å². The van der Waals surface area contributed by atoms with Crippen molar-refractivity contribution in [2.75, 3.05) is 25.0 Å². The molecule has 2 N–H and O–H groups in total. The minimum atomic E-state index is -0.165. The number of rotatable bonds is 3. The summed E-state index contributed by atoms with van der Waals surface area (Å²) in [7, 11) is 0. The van der Waals surface area contributed by atoms with E-state index >= 15 is 0 Å². The lowest BCUT2D eigenvalue weighted by molar-refractivity contribution is -0.117. The zero-order valence-corrected chi connectivity index (χ0v) is 14.3. The second-order valence-corrected chi connectivity index (χ2v) is 7.52. The number of halogens is 1. The fourth-order valence-corrected chi connectivity index (χ4v) is 4.27. The summed E-state index contributed by atoms with van der Waals surface area (Å²) in [5.41, 5.74) is 1.98. The zero-order chi connectivity index (χ0) is 15.0. The number of aryl methyl sites for hydroxylation is 1. The predicted octanol–water partition coefficient (Wildman–Crippen LogP) is 2.24. The second-order valence-electron chi connectivity index (χ2n) is 6.27. The first kappa shape index (κ1) is 15.2. The number of likely N-dealkylation sites (tertiary alicyclic amines) is 1. The number of carbonyl (C=O) groups excluding carboxylic acids is 1. The summed E-state index contributed by atoms with van der Waals surface area (Å²) < 4.78 is 1.17. The average Bonchev–Trinajstić information content (AvgIpc) is 2.95. The molecule has 114 valence electrons. The Bertz CT molecular complexity index is 549. The first-order valence-electron chi connectivity index (χ1n) is 7.49. The highest BCUT2D eigenvalue weighted by Crippen LogP contribution is 2.37. The molecular formula is C16H21IN2O2. The van der Waals surface area contributed by atoms with E-state index in [4.69, 9.17) is 0 Å². The highest BCUT2D eigenvalue weighted by atomic mass is 127. The molecule has 1 saturated heterocycles. The molecule has 1 aromatic rings. The molecule has 4 nitrogen and oxygen atoms in total. The third-order valence-corrected chi connectivity index (χ3v) is 5.40. The summed E-state index contributed by atoms with van der Waals surface area (Å²) in [6.07, 6.45) is 1.86. The largest absolute Gasteiger partial charge is 0.393 e. The summed E-state index contributed by atoms with van der Waals surface area (Å²) >= 11 is 2.27. The highest BCUT2D eigenvalue weighted by Gasteiger charge is 2.41. The first-order chi connectivity index (χ1) is 10.0. The van der Waals surface area contributed by atoms with Crippen molar-refractivity contribution < 1.29 is 9.90 Å². The van der Waals surface area contributed by atoms with Crippen molar-refractivity contribution in [3.8, 4) is 0 Å². The van der Waals surface area contributed by atoms with Crippen LogP contribution in [0.1, 0.15) is 18.4 Å². The number of nitrogens with zero attached hydrogens (tertiary/aromatic N) is 1. The van der Waals surface area contributed by atoms with Gasteiger partial charge in [-0.05, 0) is 72.0 Å². The van der Waals surface area contributed by atoms with Crippen molar-refractivity contribution in [3.63, 3.8) is 0 Å². The molecule has 21 heavy (non-hydrogen) atoms. The second kappa shape index (κ2) is 6.22. The maximum absolute atomic E-state index is 12.2. The molecule has 3 unspecified atom stereocenters. The van der Waals surface area contributed by atoms with E-state index in [0.29, 0.717) is 18.4 Å². The number of benzene rings is 1. The van der Waals surface area contributed by atoms with Gasteiger partial charge in [-0.1, -0.05) is 0 Å². The number of hydrogen-bond donors (Lipinski definition) is 2. The number of amides is 1. The van der Waals surface area contributed by atoms with Crippen molar-refractivity contribution >= 4 is 34.2 Å². The molecule has 1 heterocycles. The van der Waals surface area contributed by atoms with Crippen LogP contribution in [0.25, 0.3) is 0 Å². The van der Waals surface area contributed by atoms with Gasteiger partial charge in [-0.15, -0.1) is 0 Å². The Labute approximate surface area is 139 Å². The van der Waals surface area contributed by atoms with E-state index in [2.05, 4.69) is 38.9 Å². The Balaban J connectivity index is 1.55. The van der Waals surface area contributed by atoms with Crippen LogP contribution in [0.2, 0.25) is 0 Å².